The third kappa shape index (κ3) is 4.23. The lowest BCUT2D eigenvalue weighted by atomic mass is 9.65. The smallest absolute Gasteiger partial charge is 0.174 e. The van der Waals surface area contributed by atoms with Gasteiger partial charge in [0.15, 0.2) is 11.6 Å². The van der Waals surface area contributed by atoms with Crippen LogP contribution in [0.2, 0.25) is 5.02 Å². The van der Waals surface area contributed by atoms with Crippen LogP contribution in [0.5, 0.6) is 0 Å². The molecule has 0 saturated carbocycles. The summed E-state index contributed by atoms with van der Waals surface area (Å²) < 4.78 is 0. The van der Waals surface area contributed by atoms with Crippen LogP contribution in [0.25, 0.3) is 0 Å². The molecule has 0 fully saturated rings. The second-order valence-electron chi connectivity index (χ2n) is 10.1. The highest BCUT2D eigenvalue weighted by Gasteiger charge is 2.50. The summed E-state index contributed by atoms with van der Waals surface area (Å²) in [5.74, 6) is -1.28. The quantitative estimate of drug-likeness (QED) is 0.405. The van der Waals surface area contributed by atoms with Gasteiger partial charge in [-0.2, -0.15) is 0 Å². The van der Waals surface area contributed by atoms with Gasteiger partial charge in [-0.1, -0.05) is 86.1 Å². The normalized spacial score (nSPS) is 21.6. The Morgan fingerprint density at radius 3 is 2.14 bits per heavy atom. The molecule has 1 heterocycles. The van der Waals surface area contributed by atoms with Gasteiger partial charge in [-0.25, -0.2) is 0 Å². The number of Topliss-reactive ketones (excluding diaryl/α,β-unsaturated/α-hetero) is 2. The van der Waals surface area contributed by atoms with Crippen molar-refractivity contribution >= 4 is 34.7 Å². The summed E-state index contributed by atoms with van der Waals surface area (Å²) in [7, 11) is 0. The monoisotopic (exact) mass is 482 g/mol. The first kappa shape index (κ1) is 23.3. The molecule has 5 rings (SSSR count). The number of hydrogen-bond acceptors (Lipinski definition) is 3. The minimum absolute atomic E-state index is 0.0439. The van der Waals surface area contributed by atoms with Gasteiger partial charge >= 0.3 is 0 Å². The van der Waals surface area contributed by atoms with Crippen LogP contribution in [0.3, 0.4) is 0 Å². The van der Waals surface area contributed by atoms with E-state index in [1.807, 2.05) is 65.6 Å². The Bertz CT molecular complexity index is 1330. The van der Waals surface area contributed by atoms with Gasteiger partial charge in [-0.15, -0.1) is 0 Å². The topological polar surface area (TPSA) is 61.2 Å². The molecule has 0 spiro atoms. The first-order valence-electron chi connectivity index (χ1n) is 11.8. The van der Waals surface area contributed by atoms with Crippen molar-refractivity contribution in [1.29, 1.82) is 5.41 Å². The molecule has 176 valence electrons. The van der Waals surface area contributed by atoms with Crippen molar-refractivity contribution in [2.24, 2.45) is 11.3 Å². The van der Waals surface area contributed by atoms with Gasteiger partial charge < -0.3 is 4.90 Å². The SMILES string of the molecule is CC1(C)CC(=O)C2=C(C1)N(c1ccc(Cl)cc1)C(=N)C(C(=O)c1ccccc1)C2c1ccccc1. The molecule has 4 nitrogen and oxygen atoms in total. The van der Waals surface area contributed by atoms with Crippen molar-refractivity contribution in [3.05, 3.63) is 112 Å². The van der Waals surface area contributed by atoms with E-state index in [1.54, 1.807) is 24.3 Å². The van der Waals surface area contributed by atoms with Crippen LogP contribution in [-0.2, 0) is 4.79 Å². The fourth-order valence-electron chi connectivity index (χ4n) is 5.43. The number of amidine groups is 1. The molecule has 0 amide bonds. The largest absolute Gasteiger partial charge is 0.302 e. The van der Waals surface area contributed by atoms with E-state index in [9.17, 15) is 15.0 Å². The molecule has 2 unspecified atom stereocenters. The zero-order valence-corrected chi connectivity index (χ0v) is 20.5. The molecule has 1 aliphatic heterocycles. The van der Waals surface area contributed by atoms with Crippen LogP contribution in [0, 0.1) is 16.7 Å². The number of rotatable bonds is 4. The van der Waals surface area contributed by atoms with Crippen LogP contribution in [0.15, 0.2) is 96.2 Å². The molecule has 2 atom stereocenters. The predicted molar refractivity (Wildman–Crippen MR) is 140 cm³/mol. The highest BCUT2D eigenvalue weighted by molar-refractivity contribution is 6.30. The van der Waals surface area contributed by atoms with Crippen molar-refractivity contribution in [2.45, 2.75) is 32.6 Å². The van der Waals surface area contributed by atoms with E-state index < -0.39 is 11.8 Å². The lowest BCUT2D eigenvalue weighted by Crippen LogP contribution is -2.50. The number of anilines is 1. The summed E-state index contributed by atoms with van der Waals surface area (Å²) in [6, 6.07) is 26.0. The summed E-state index contributed by atoms with van der Waals surface area (Å²) in [6.07, 6.45) is 1.04. The lowest BCUT2D eigenvalue weighted by Gasteiger charge is -2.47. The summed E-state index contributed by atoms with van der Waals surface area (Å²) >= 11 is 6.16. The molecular formula is C30H27ClN2O2. The van der Waals surface area contributed by atoms with Crippen LogP contribution >= 0.6 is 11.6 Å². The zero-order chi connectivity index (χ0) is 24.7. The standard InChI is InChI=1S/C30H27ClN2O2/c1-30(2)17-23-26(24(34)18-30)25(19-9-5-3-6-10-19)27(28(35)20-11-7-4-8-12-20)29(32)33(23)22-15-13-21(31)14-16-22/h3-16,25,27,32H,17-18H2,1-2H3. The number of hydrogen-bond donors (Lipinski definition) is 1. The molecule has 0 saturated heterocycles. The second-order valence-corrected chi connectivity index (χ2v) is 10.5. The Hall–Kier alpha value is -3.50. The van der Waals surface area contributed by atoms with Crippen LogP contribution in [-0.4, -0.2) is 17.4 Å². The Morgan fingerprint density at radius 1 is 0.914 bits per heavy atom. The summed E-state index contributed by atoms with van der Waals surface area (Å²) in [4.78, 5) is 29.6. The number of nitrogens with zero attached hydrogens (tertiary/aromatic N) is 1. The summed E-state index contributed by atoms with van der Waals surface area (Å²) in [5, 5.41) is 9.99. The molecule has 2 aliphatic rings. The van der Waals surface area contributed by atoms with E-state index in [-0.39, 0.29) is 22.8 Å². The maximum atomic E-state index is 14.0. The molecular weight excluding hydrogens is 456 g/mol. The molecule has 35 heavy (non-hydrogen) atoms. The third-order valence-electron chi connectivity index (χ3n) is 6.93. The molecule has 1 N–H and O–H groups in total. The van der Waals surface area contributed by atoms with Crippen molar-refractivity contribution in [3.63, 3.8) is 0 Å². The Kier molecular flexibility index (Phi) is 5.94. The third-order valence-corrected chi connectivity index (χ3v) is 7.18. The number of benzene rings is 3. The first-order valence-corrected chi connectivity index (χ1v) is 12.2. The molecule has 0 aromatic heterocycles. The summed E-state index contributed by atoms with van der Waals surface area (Å²) in [5.41, 5.74) is 3.35. The molecule has 0 bridgehead atoms. The maximum absolute atomic E-state index is 14.0. The van der Waals surface area contributed by atoms with E-state index >= 15 is 0 Å². The number of nitrogens with one attached hydrogen (secondary N) is 1. The highest BCUT2D eigenvalue weighted by Crippen LogP contribution is 2.50. The number of carbonyl (C=O) groups is 2. The lowest BCUT2D eigenvalue weighted by molar-refractivity contribution is -0.118. The minimum Gasteiger partial charge on any atom is -0.302 e. The molecule has 1 aliphatic carbocycles. The van der Waals surface area contributed by atoms with Crippen molar-refractivity contribution in [1.82, 2.24) is 0 Å². The van der Waals surface area contributed by atoms with Gasteiger partial charge in [0.1, 0.15) is 5.84 Å². The molecule has 0 radical (unpaired) electrons. The molecule has 3 aromatic rings. The number of allylic oxidation sites excluding steroid dienone is 2. The van der Waals surface area contributed by atoms with Gasteiger partial charge in [-0.3, -0.25) is 15.0 Å². The van der Waals surface area contributed by atoms with E-state index in [1.165, 1.54) is 0 Å². The van der Waals surface area contributed by atoms with Crippen LogP contribution in [0.1, 0.15) is 48.5 Å². The maximum Gasteiger partial charge on any atom is 0.174 e. The Balaban J connectivity index is 1.78. The van der Waals surface area contributed by atoms with Gasteiger partial charge in [0.25, 0.3) is 0 Å². The number of carbonyl (C=O) groups excluding carboxylic acids is 2. The Morgan fingerprint density at radius 2 is 1.51 bits per heavy atom. The fourth-order valence-corrected chi connectivity index (χ4v) is 5.55. The van der Waals surface area contributed by atoms with Gasteiger partial charge in [-0.05, 0) is 41.7 Å². The minimum atomic E-state index is -0.834. The predicted octanol–water partition coefficient (Wildman–Crippen LogP) is 7.06. The van der Waals surface area contributed by atoms with E-state index in [4.69, 9.17) is 11.6 Å². The molecule has 5 heteroatoms. The van der Waals surface area contributed by atoms with Crippen LogP contribution < -0.4 is 4.90 Å². The number of ketones is 2. The highest BCUT2D eigenvalue weighted by atomic mass is 35.5. The summed E-state index contributed by atoms with van der Waals surface area (Å²) in [6.45, 7) is 4.16. The van der Waals surface area contributed by atoms with Crippen molar-refractivity contribution < 1.29 is 9.59 Å². The van der Waals surface area contributed by atoms with E-state index in [0.717, 1.165) is 16.9 Å². The Labute approximate surface area is 210 Å². The average molecular weight is 483 g/mol. The van der Waals surface area contributed by atoms with Gasteiger partial charge in [0, 0.05) is 39.9 Å². The van der Waals surface area contributed by atoms with Gasteiger partial charge in [0.2, 0.25) is 0 Å². The van der Waals surface area contributed by atoms with E-state index in [2.05, 4.69) is 13.8 Å². The van der Waals surface area contributed by atoms with Gasteiger partial charge in [0.05, 0.1) is 5.92 Å². The fraction of sp³-hybridized carbons (Fsp3) is 0.233. The van der Waals surface area contributed by atoms with Crippen molar-refractivity contribution in [3.8, 4) is 0 Å². The zero-order valence-electron chi connectivity index (χ0n) is 19.8. The van der Waals surface area contributed by atoms with E-state index in [0.29, 0.717) is 29.0 Å². The van der Waals surface area contributed by atoms with Crippen molar-refractivity contribution in [2.75, 3.05) is 4.90 Å². The number of halogens is 1. The average Bonchev–Trinajstić information content (AvgIpc) is 2.84. The van der Waals surface area contributed by atoms with Crippen LogP contribution in [0.4, 0.5) is 5.69 Å². The molecule has 3 aromatic carbocycles. The first-order chi connectivity index (χ1) is 16.8. The second kappa shape index (κ2) is 8.94.